The van der Waals surface area contributed by atoms with Gasteiger partial charge in [0.05, 0.1) is 5.02 Å². The summed E-state index contributed by atoms with van der Waals surface area (Å²) < 4.78 is 5.82. The summed E-state index contributed by atoms with van der Waals surface area (Å²) in [5.41, 5.74) is 2.09. The average molecular weight is 346 g/mol. The first-order valence-corrected chi connectivity index (χ1v) is 7.26. The largest absolute Gasteiger partial charge is 0.455 e. The summed E-state index contributed by atoms with van der Waals surface area (Å²) in [7, 11) is 0. The van der Waals surface area contributed by atoms with Gasteiger partial charge >= 0.3 is 0 Å². The van der Waals surface area contributed by atoms with Crippen molar-refractivity contribution in [1.82, 2.24) is 0 Å². The van der Waals surface area contributed by atoms with Crippen LogP contribution < -0.4 is 4.74 Å². The molecule has 0 saturated heterocycles. The van der Waals surface area contributed by atoms with Crippen molar-refractivity contribution < 1.29 is 4.74 Å². The van der Waals surface area contributed by atoms with Crippen molar-refractivity contribution in [2.45, 2.75) is 12.3 Å². The van der Waals surface area contributed by atoms with Crippen LogP contribution in [0.15, 0.2) is 36.4 Å². The maximum Gasteiger partial charge on any atom is 0.146 e. The molecule has 94 valence electrons. The van der Waals surface area contributed by atoms with Gasteiger partial charge < -0.3 is 4.74 Å². The molecule has 0 radical (unpaired) electrons. The van der Waals surface area contributed by atoms with Crippen LogP contribution in [0, 0.1) is 6.92 Å². The first-order chi connectivity index (χ1) is 8.60. The highest BCUT2D eigenvalue weighted by molar-refractivity contribution is 9.08. The van der Waals surface area contributed by atoms with E-state index in [1.165, 1.54) is 0 Å². The lowest BCUT2D eigenvalue weighted by molar-refractivity contribution is 0.479. The van der Waals surface area contributed by atoms with Gasteiger partial charge in [-0.05, 0) is 42.8 Å². The normalized spacial score (nSPS) is 10.4. The molecule has 0 saturated carbocycles. The third kappa shape index (κ3) is 3.19. The van der Waals surface area contributed by atoms with E-state index >= 15 is 0 Å². The summed E-state index contributed by atoms with van der Waals surface area (Å²) in [6, 6.07) is 11.2. The minimum Gasteiger partial charge on any atom is -0.455 e. The Morgan fingerprint density at radius 1 is 1.06 bits per heavy atom. The summed E-state index contributed by atoms with van der Waals surface area (Å²) in [5, 5.41) is 1.96. The molecule has 0 unspecified atom stereocenters. The van der Waals surface area contributed by atoms with Crippen molar-refractivity contribution in [2.75, 3.05) is 0 Å². The van der Waals surface area contributed by atoms with E-state index in [9.17, 15) is 0 Å². The van der Waals surface area contributed by atoms with Crippen molar-refractivity contribution in [1.29, 1.82) is 0 Å². The SMILES string of the molecule is Cc1ccc(Oc2ccc(Cl)cc2CBr)c(Cl)c1. The molecular formula is C14H11BrCl2O. The molecule has 0 heterocycles. The number of halogens is 3. The van der Waals surface area contributed by atoms with Gasteiger partial charge in [-0.25, -0.2) is 0 Å². The standard InChI is InChI=1S/C14H11BrCl2O/c1-9-2-4-14(12(17)6-9)18-13-5-3-11(16)7-10(13)8-15/h2-7H,8H2,1H3. The van der Waals surface area contributed by atoms with Crippen LogP contribution in [0.1, 0.15) is 11.1 Å². The highest BCUT2D eigenvalue weighted by Gasteiger charge is 2.08. The monoisotopic (exact) mass is 344 g/mol. The second kappa shape index (κ2) is 5.96. The van der Waals surface area contributed by atoms with Gasteiger partial charge in [0.1, 0.15) is 11.5 Å². The maximum absolute atomic E-state index is 6.14. The fourth-order valence-electron chi connectivity index (χ4n) is 1.56. The van der Waals surface area contributed by atoms with E-state index in [2.05, 4.69) is 15.9 Å². The van der Waals surface area contributed by atoms with Crippen LogP contribution in [0.4, 0.5) is 0 Å². The summed E-state index contributed by atoms with van der Waals surface area (Å²) >= 11 is 15.5. The number of alkyl halides is 1. The number of aryl methyl sites for hydroxylation is 1. The van der Waals surface area contributed by atoms with Crippen molar-refractivity contribution >= 4 is 39.1 Å². The quantitative estimate of drug-likeness (QED) is 0.621. The lowest BCUT2D eigenvalue weighted by Crippen LogP contribution is -1.90. The molecule has 0 amide bonds. The fourth-order valence-corrected chi connectivity index (χ4v) is 2.47. The third-order valence-corrected chi connectivity index (χ3v) is 3.61. The molecule has 18 heavy (non-hydrogen) atoms. The van der Waals surface area contributed by atoms with Gasteiger partial charge in [0, 0.05) is 15.9 Å². The van der Waals surface area contributed by atoms with E-state index in [1.54, 1.807) is 6.07 Å². The number of hydrogen-bond acceptors (Lipinski definition) is 1. The predicted octanol–water partition coefficient (Wildman–Crippen LogP) is 5.99. The first-order valence-electron chi connectivity index (χ1n) is 5.38. The van der Waals surface area contributed by atoms with Crippen molar-refractivity contribution in [3.05, 3.63) is 57.6 Å². The van der Waals surface area contributed by atoms with E-state index in [4.69, 9.17) is 27.9 Å². The summed E-state index contributed by atoms with van der Waals surface area (Å²) in [6.07, 6.45) is 0. The highest BCUT2D eigenvalue weighted by atomic mass is 79.9. The Morgan fingerprint density at radius 2 is 1.78 bits per heavy atom. The molecule has 0 aliphatic rings. The van der Waals surface area contributed by atoms with Crippen LogP contribution in [0.2, 0.25) is 10.0 Å². The van der Waals surface area contributed by atoms with Crippen LogP contribution >= 0.6 is 39.1 Å². The minimum absolute atomic E-state index is 0.602. The number of benzene rings is 2. The van der Waals surface area contributed by atoms with Gasteiger partial charge in [0.25, 0.3) is 0 Å². The van der Waals surface area contributed by atoms with Gasteiger partial charge in [0.2, 0.25) is 0 Å². The topological polar surface area (TPSA) is 9.23 Å². The number of rotatable bonds is 3. The highest BCUT2D eigenvalue weighted by Crippen LogP contribution is 2.33. The summed E-state index contributed by atoms with van der Waals surface area (Å²) in [6.45, 7) is 1.99. The molecule has 0 aliphatic carbocycles. The van der Waals surface area contributed by atoms with Crippen LogP contribution in [0.25, 0.3) is 0 Å². The van der Waals surface area contributed by atoms with Gasteiger partial charge in [-0.2, -0.15) is 0 Å². The minimum atomic E-state index is 0.602. The fraction of sp³-hybridized carbons (Fsp3) is 0.143. The second-order valence-electron chi connectivity index (χ2n) is 3.92. The maximum atomic E-state index is 6.14. The zero-order valence-electron chi connectivity index (χ0n) is 9.71. The van der Waals surface area contributed by atoms with E-state index in [-0.39, 0.29) is 0 Å². The zero-order chi connectivity index (χ0) is 13.1. The Hall–Kier alpha value is -0.700. The van der Waals surface area contributed by atoms with Crippen LogP contribution in [0.3, 0.4) is 0 Å². The zero-order valence-corrected chi connectivity index (χ0v) is 12.8. The molecule has 2 aromatic carbocycles. The summed E-state index contributed by atoms with van der Waals surface area (Å²) in [5.74, 6) is 1.40. The van der Waals surface area contributed by atoms with Gasteiger partial charge in [-0.15, -0.1) is 0 Å². The van der Waals surface area contributed by atoms with Crippen LogP contribution in [-0.4, -0.2) is 0 Å². The summed E-state index contributed by atoms with van der Waals surface area (Å²) in [4.78, 5) is 0. The Bertz CT molecular complexity index is 570. The van der Waals surface area contributed by atoms with Gasteiger partial charge in [-0.3, -0.25) is 0 Å². The lowest BCUT2D eigenvalue weighted by Gasteiger charge is -2.11. The molecule has 0 spiro atoms. The third-order valence-electron chi connectivity index (χ3n) is 2.47. The Balaban J connectivity index is 2.33. The van der Waals surface area contributed by atoms with E-state index in [0.717, 1.165) is 16.9 Å². The molecule has 0 N–H and O–H groups in total. The molecule has 2 aromatic rings. The van der Waals surface area contributed by atoms with Crippen LogP contribution in [-0.2, 0) is 5.33 Å². The molecule has 0 aromatic heterocycles. The van der Waals surface area contributed by atoms with E-state index < -0.39 is 0 Å². The second-order valence-corrected chi connectivity index (χ2v) is 5.33. The smallest absolute Gasteiger partial charge is 0.146 e. The molecule has 0 bridgehead atoms. The molecule has 0 aliphatic heterocycles. The molecule has 0 fully saturated rings. The molecule has 1 nitrogen and oxygen atoms in total. The molecule has 4 heteroatoms. The van der Waals surface area contributed by atoms with Crippen molar-refractivity contribution in [3.8, 4) is 11.5 Å². The number of hydrogen-bond donors (Lipinski definition) is 0. The molecular weight excluding hydrogens is 335 g/mol. The van der Waals surface area contributed by atoms with E-state index in [0.29, 0.717) is 21.1 Å². The lowest BCUT2D eigenvalue weighted by atomic mass is 10.2. The Labute approximate surface area is 125 Å². The Kier molecular flexibility index (Phi) is 4.55. The van der Waals surface area contributed by atoms with Gasteiger partial charge in [-0.1, -0.05) is 45.2 Å². The van der Waals surface area contributed by atoms with Crippen molar-refractivity contribution in [3.63, 3.8) is 0 Å². The van der Waals surface area contributed by atoms with E-state index in [1.807, 2.05) is 37.3 Å². The number of ether oxygens (including phenoxy) is 1. The average Bonchev–Trinajstić information content (AvgIpc) is 2.34. The predicted molar refractivity (Wildman–Crippen MR) is 80.3 cm³/mol. The van der Waals surface area contributed by atoms with Crippen LogP contribution in [0.5, 0.6) is 11.5 Å². The van der Waals surface area contributed by atoms with Gasteiger partial charge in [0.15, 0.2) is 0 Å². The molecule has 0 atom stereocenters. The first kappa shape index (κ1) is 13.7. The molecule has 2 rings (SSSR count). The van der Waals surface area contributed by atoms with Crippen molar-refractivity contribution in [2.24, 2.45) is 0 Å². The Morgan fingerprint density at radius 3 is 2.44 bits per heavy atom.